The van der Waals surface area contributed by atoms with Crippen LogP contribution in [0, 0.1) is 0 Å². The monoisotopic (exact) mass is 374 g/mol. The van der Waals surface area contributed by atoms with Gasteiger partial charge in [-0.2, -0.15) is 0 Å². The van der Waals surface area contributed by atoms with Gasteiger partial charge in [0.2, 0.25) is 0 Å². The van der Waals surface area contributed by atoms with Gasteiger partial charge >= 0.3 is 0 Å². The summed E-state index contributed by atoms with van der Waals surface area (Å²) in [5, 5.41) is 0. The van der Waals surface area contributed by atoms with Crippen LogP contribution in [-0.2, 0) is 10.4 Å². The van der Waals surface area contributed by atoms with Crippen molar-refractivity contribution in [1.29, 1.82) is 0 Å². The molecule has 10 N–H and O–H groups in total. The van der Waals surface area contributed by atoms with Crippen molar-refractivity contribution in [3.8, 4) is 0 Å². The Morgan fingerprint density at radius 3 is 0.421 bits per heavy atom. The van der Waals surface area contributed by atoms with Crippen molar-refractivity contribution in [1.82, 2.24) is 0 Å². The summed E-state index contributed by atoms with van der Waals surface area (Å²) in [4.78, 5) is 0. The van der Waals surface area contributed by atoms with Crippen LogP contribution in [0.1, 0.15) is 0 Å². The maximum Gasteiger partial charge on any atom is 0.0311 e. The van der Waals surface area contributed by atoms with Gasteiger partial charge in [0.15, 0.2) is 0 Å². The van der Waals surface area contributed by atoms with Crippen molar-refractivity contribution < 1.29 is 72.3 Å². The zero-order chi connectivity index (χ0) is 4.50. The molecule has 0 fully saturated rings. The van der Waals surface area contributed by atoms with Crippen molar-refractivity contribution in [3.63, 3.8) is 0 Å². The molecule has 0 aliphatic rings. The second-order valence-corrected chi connectivity index (χ2v) is 1.22. The maximum atomic E-state index is 8.52. The molecule has 124 valence electrons. The Morgan fingerprint density at radius 1 is 0.421 bits per heavy atom. The van der Waals surface area contributed by atoms with E-state index >= 15 is 0 Å². The fourth-order valence-corrected chi connectivity index (χ4v) is 0. The third-order valence-corrected chi connectivity index (χ3v) is 0. The Balaban J connectivity index is -0.000000000879. The smallest absolute Gasteiger partial charge is 0.0311 e. The van der Waals surface area contributed by atoms with Crippen LogP contribution >= 0.6 is 0 Å². The zero-order valence-corrected chi connectivity index (χ0v) is 14.3. The SMILES string of the molecule is O=S(=O)([O-])[O-].[Al].[Al].[Al].[Al].[OH-].[OH-].[OH-].[OH-].[OH-].[OH-].[OH-].[OH-].[OH-].[OH-]. The molecule has 0 aliphatic heterocycles. The molecule has 0 spiro atoms. The molecule has 14 nitrogen and oxygen atoms in total. The van der Waals surface area contributed by atoms with E-state index in [4.69, 9.17) is 17.5 Å². The molecule has 0 saturated carbocycles. The fraction of sp³-hybridized carbons (Fsp3) is 0. The largest absolute Gasteiger partial charge is 0.870 e. The molecule has 0 aliphatic carbocycles. The van der Waals surface area contributed by atoms with Crippen LogP contribution in [-0.4, -0.2) is 142 Å². The molecule has 19 heteroatoms. The highest BCUT2D eigenvalue weighted by molar-refractivity contribution is 7.79. The quantitative estimate of drug-likeness (QED) is 0.218. The summed E-state index contributed by atoms with van der Waals surface area (Å²) in [7, 11) is -5.17. The Kier molecular flexibility index (Phi) is 1560. The fourth-order valence-electron chi connectivity index (χ4n) is 0. The van der Waals surface area contributed by atoms with Crippen LogP contribution in [0.15, 0.2) is 0 Å². The third-order valence-electron chi connectivity index (χ3n) is 0. The Bertz CT molecular complexity index is 103. The van der Waals surface area contributed by atoms with Gasteiger partial charge in [-0.25, -0.2) is 0 Å². The van der Waals surface area contributed by atoms with Gasteiger partial charge in [0.1, 0.15) is 0 Å². The second kappa shape index (κ2) is 117. The molecule has 0 aromatic carbocycles. The van der Waals surface area contributed by atoms with E-state index in [0.717, 1.165) is 0 Å². The first-order chi connectivity index (χ1) is 2.00. The molecule has 0 rings (SSSR count). The molecule has 0 bridgehead atoms. The van der Waals surface area contributed by atoms with Crippen molar-refractivity contribution in [2.75, 3.05) is 0 Å². The van der Waals surface area contributed by atoms with Crippen molar-refractivity contribution >= 4 is 79.8 Å². The topological polar surface area (TPSA) is 380 Å². The first-order valence-electron chi connectivity index (χ1n) is 0.667. The van der Waals surface area contributed by atoms with Gasteiger partial charge in [-0.1, -0.05) is 0 Å². The molecular formula is H10Al4O14S-12. The van der Waals surface area contributed by atoms with E-state index in [-0.39, 0.29) is 124 Å². The minimum Gasteiger partial charge on any atom is -0.870 e. The lowest BCUT2D eigenvalue weighted by Crippen LogP contribution is -1.91. The molecule has 0 aromatic rings. The first kappa shape index (κ1) is 252. The summed E-state index contributed by atoms with van der Waals surface area (Å²) < 4.78 is 34.1. The predicted molar refractivity (Wildman–Crippen MR) is 52.8 cm³/mol. The Morgan fingerprint density at radius 2 is 0.421 bits per heavy atom. The summed E-state index contributed by atoms with van der Waals surface area (Å²) in [6, 6.07) is 0. The van der Waals surface area contributed by atoms with Gasteiger partial charge in [-0.3, -0.25) is 8.42 Å². The normalized spacial score (nSPS) is 3.05. The lowest BCUT2D eigenvalue weighted by atomic mass is 15.8. The van der Waals surface area contributed by atoms with Gasteiger partial charge in [-0.15, -0.1) is 0 Å². The molecule has 0 aromatic heterocycles. The van der Waals surface area contributed by atoms with E-state index < -0.39 is 10.4 Å². The van der Waals surface area contributed by atoms with Crippen molar-refractivity contribution in [3.05, 3.63) is 0 Å². The van der Waals surface area contributed by atoms with Crippen LogP contribution in [0.2, 0.25) is 0 Å². The van der Waals surface area contributed by atoms with E-state index in [1.807, 2.05) is 0 Å². The first-order valence-corrected chi connectivity index (χ1v) is 2.00. The van der Waals surface area contributed by atoms with Gasteiger partial charge in [0, 0.05) is 79.8 Å². The highest BCUT2D eigenvalue weighted by Crippen LogP contribution is 1.57. The molecule has 0 saturated heterocycles. The van der Waals surface area contributed by atoms with Crippen LogP contribution in [0.5, 0.6) is 0 Å². The minimum atomic E-state index is -5.17. The average molecular weight is 374 g/mol. The van der Waals surface area contributed by atoms with Crippen LogP contribution in [0.3, 0.4) is 0 Å². The molecule has 12 radical (unpaired) electrons. The molecule has 0 atom stereocenters. The number of hydrogen-bond donors (Lipinski definition) is 0. The van der Waals surface area contributed by atoms with Crippen LogP contribution < -0.4 is 0 Å². The minimum absolute atomic E-state index is 0. The summed E-state index contributed by atoms with van der Waals surface area (Å²) in [6.07, 6.45) is 0. The maximum absolute atomic E-state index is 8.52. The van der Waals surface area contributed by atoms with E-state index in [9.17, 15) is 0 Å². The molecule has 0 unspecified atom stereocenters. The summed E-state index contributed by atoms with van der Waals surface area (Å²) in [5.74, 6) is 0. The lowest BCUT2D eigenvalue weighted by molar-refractivity contribution is 0.352. The predicted octanol–water partition coefficient (Wildman–Crippen LogP) is -4.63. The number of hydrogen-bond acceptors (Lipinski definition) is 14. The Hall–Kier alpha value is 1.60. The summed E-state index contributed by atoms with van der Waals surface area (Å²) in [6.45, 7) is 0. The molecule has 0 amide bonds. The zero-order valence-electron chi connectivity index (χ0n) is 8.82. The highest BCUT2D eigenvalue weighted by Gasteiger charge is 1.49. The number of rotatable bonds is 0. The molecular weight excluding hydrogens is 364 g/mol. The molecule has 19 heavy (non-hydrogen) atoms. The summed E-state index contributed by atoms with van der Waals surface area (Å²) in [5.41, 5.74) is 0. The van der Waals surface area contributed by atoms with Gasteiger partial charge in [0.25, 0.3) is 0 Å². The van der Waals surface area contributed by atoms with Gasteiger partial charge in [0.05, 0.1) is 0 Å². The average Bonchev–Trinajstić information content (AvgIpc) is 0.722. The second-order valence-electron chi connectivity index (χ2n) is 0.408. The lowest BCUT2D eigenvalue weighted by Gasteiger charge is -2.06. The van der Waals surface area contributed by atoms with Gasteiger partial charge in [-0.05, 0) is 0 Å². The third kappa shape index (κ3) is 2370. The van der Waals surface area contributed by atoms with Crippen LogP contribution in [0.4, 0.5) is 0 Å². The standard InChI is InChI=1S/4Al.H2O4S.10H2O/c;;;;1-5(2,3)4;;;;;;;;;;/h;;;;(H2,1,2,3,4);10*1H2/p-12. The summed E-state index contributed by atoms with van der Waals surface area (Å²) >= 11 is 0. The Labute approximate surface area is 151 Å². The highest BCUT2D eigenvalue weighted by atomic mass is 32.3. The van der Waals surface area contributed by atoms with E-state index in [2.05, 4.69) is 0 Å². The van der Waals surface area contributed by atoms with Crippen LogP contribution in [0.25, 0.3) is 0 Å². The van der Waals surface area contributed by atoms with E-state index in [0.29, 0.717) is 0 Å². The van der Waals surface area contributed by atoms with Crippen molar-refractivity contribution in [2.45, 2.75) is 0 Å². The van der Waals surface area contributed by atoms with E-state index in [1.165, 1.54) is 0 Å². The molecule has 0 heterocycles. The van der Waals surface area contributed by atoms with Gasteiger partial charge < -0.3 is 63.9 Å². The van der Waals surface area contributed by atoms with E-state index in [1.54, 1.807) is 0 Å². The van der Waals surface area contributed by atoms with Crippen molar-refractivity contribution in [2.24, 2.45) is 0 Å².